The second-order valence-corrected chi connectivity index (χ2v) is 5.07. The van der Waals surface area contributed by atoms with Crippen LogP contribution in [0.4, 0.5) is 10.5 Å². The van der Waals surface area contributed by atoms with Crippen LogP contribution < -0.4 is 4.90 Å². The number of benzene rings is 1. The van der Waals surface area contributed by atoms with Gasteiger partial charge in [-0.05, 0) is 43.5 Å². The van der Waals surface area contributed by atoms with Gasteiger partial charge >= 0.3 is 6.03 Å². The van der Waals surface area contributed by atoms with E-state index >= 15 is 0 Å². The van der Waals surface area contributed by atoms with Crippen molar-refractivity contribution in [3.05, 3.63) is 24.3 Å². The lowest BCUT2D eigenvalue weighted by molar-refractivity contribution is 0.227. The number of phenolic OH excluding ortho intramolecular Hbond substituents is 1. The molecule has 2 amide bonds. The Morgan fingerprint density at radius 1 is 1.24 bits per heavy atom. The third kappa shape index (κ3) is 1.40. The van der Waals surface area contributed by atoms with Gasteiger partial charge in [0.05, 0.1) is 5.54 Å². The predicted molar refractivity (Wildman–Crippen MR) is 65.2 cm³/mol. The first-order valence-corrected chi connectivity index (χ1v) is 5.97. The summed E-state index contributed by atoms with van der Waals surface area (Å²) < 4.78 is 0. The molecule has 1 N–H and O–H groups in total. The van der Waals surface area contributed by atoms with Crippen LogP contribution in [0.3, 0.4) is 0 Å². The highest BCUT2D eigenvalue weighted by Crippen LogP contribution is 2.45. The second kappa shape index (κ2) is 3.39. The van der Waals surface area contributed by atoms with Gasteiger partial charge in [0, 0.05) is 19.3 Å². The van der Waals surface area contributed by atoms with Crippen LogP contribution in [-0.4, -0.2) is 35.2 Å². The molecule has 0 atom stereocenters. The maximum atomic E-state index is 12.2. The molecule has 1 aromatic rings. The van der Waals surface area contributed by atoms with Crippen LogP contribution in [0.2, 0.25) is 0 Å². The van der Waals surface area contributed by atoms with Crippen molar-refractivity contribution in [2.45, 2.75) is 24.8 Å². The molecule has 1 saturated carbocycles. The van der Waals surface area contributed by atoms with Crippen molar-refractivity contribution < 1.29 is 9.90 Å². The second-order valence-electron chi connectivity index (χ2n) is 5.07. The Morgan fingerprint density at radius 2 is 1.88 bits per heavy atom. The average molecular weight is 232 g/mol. The van der Waals surface area contributed by atoms with Gasteiger partial charge in [0.15, 0.2) is 0 Å². The summed E-state index contributed by atoms with van der Waals surface area (Å²) in [6.07, 6.45) is 3.34. The molecule has 1 spiro atoms. The molecule has 0 unspecified atom stereocenters. The summed E-state index contributed by atoms with van der Waals surface area (Å²) in [5, 5.41) is 9.30. The summed E-state index contributed by atoms with van der Waals surface area (Å²) in [5.74, 6) is 0.233. The minimum Gasteiger partial charge on any atom is -0.508 e. The van der Waals surface area contributed by atoms with Crippen LogP contribution in [0.25, 0.3) is 0 Å². The van der Waals surface area contributed by atoms with Gasteiger partial charge in [-0.15, -0.1) is 0 Å². The predicted octanol–water partition coefficient (Wildman–Crippen LogP) is 2.19. The molecule has 3 rings (SSSR count). The zero-order valence-electron chi connectivity index (χ0n) is 9.89. The van der Waals surface area contributed by atoms with Crippen molar-refractivity contribution in [3.8, 4) is 5.75 Å². The minimum atomic E-state index is 0.00278. The van der Waals surface area contributed by atoms with Gasteiger partial charge in [0.2, 0.25) is 0 Å². The largest absolute Gasteiger partial charge is 0.508 e. The smallest absolute Gasteiger partial charge is 0.324 e. The molecule has 2 aliphatic rings. The molecule has 0 bridgehead atoms. The highest BCUT2D eigenvalue weighted by molar-refractivity contribution is 5.96. The van der Waals surface area contributed by atoms with Crippen LogP contribution in [-0.2, 0) is 0 Å². The normalized spacial score (nSPS) is 22.1. The number of phenols is 1. The maximum absolute atomic E-state index is 12.2. The standard InChI is InChI=1S/C13H16N2O2/c1-14-9-13(7-2-8-13)15(12(14)17)10-3-5-11(16)6-4-10/h3-6,16H,2,7-9H2,1H3. The van der Waals surface area contributed by atoms with Crippen LogP contribution in [0, 0.1) is 0 Å². The van der Waals surface area contributed by atoms with E-state index in [1.54, 1.807) is 17.0 Å². The number of anilines is 1. The van der Waals surface area contributed by atoms with Crippen molar-refractivity contribution >= 4 is 11.7 Å². The summed E-state index contributed by atoms with van der Waals surface area (Å²) in [4.78, 5) is 15.9. The number of aromatic hydroxyl groups is 1. The molecule has 0 radical (unpaired) electrons. The van der Waals surface area contributed by atoms with E-state index in [1.807, 2.05) is 24.1 Å². The minimum absolute atomic E-state index is 0.00278. The Morgan fingerprint density at radius 3 is 2.41 bits per heavy atom. The maximum Gasteiger partial charge on any atom is 0.324 e. The first-order chi connectivity index (χ1) is 8.12. The van der Waals surface area contributed by atoms with E-state index < -0.39 is 0 Å². The number of likely N-dealkylation sites (N-methyl/N-ethyl adjacent to an activating group) is 1. The fourth-order valence-electron chi connectivity index (χ4n) is 2.91. The number of rotatable bonds is 1. The number of carbonyl (C=O) groups is 1. The van der Waals surface area contributed by atoms with E-state index in [4.69, 9.17) is 0 Å². The van der Waals surface area contributed by atoms with Crippen LogP contribution in [0.15, 0.2) is 24.3 Å². The highest BCUT2D eigenvalue weighted by atomic mass is 16.3. The summed E-state index contributed by atoms with van der Waals surface area (Å²) >= 11 is 0. The molecule has 1 aliphatic carbocycles. The van der Waals surface area contributed by atoms with E-state index in [1.165, 1.54) is 6.42 Å². The first kappa shape index (κ1) is 10.4. The molecule has 1 heterocycles. The number of nitrogens with zero attached hydrogens (tertiary/aromatic N) is 2. The Bertz CT molecular complexity index is 451. The van der Waals surface area contributed by atoms with Gasteiger partial charge in [0.1, 0.15) is 5.75 Å². The van der Waals surface area contributed by atoms with Crippen molar-refractivity contribution in [2.75, 3.05) is 18.5 Å². The van der Waals surface area contributed by atoms with Gasteiger partial charge < -0.3 is 10.0 Å². The zero-order chi connectivity index (χ0) is 12.0. The Balaban J connectivity index is 1.99. The Kier molecular flexibility index (Phi) is 2.08. The number of hydrogen-bond acceptors (Lipinski definition) is 2. The molecule has 1 saturated heterocycles. The lowest BCUT2D eigenvalue weighted by Gasteiger charge is -2.44. The molecular formula is C13H16N2O2. The molecule has 90 valence electrons. The summed E-state index contributed by atoms with van der Waals surface area (Å²) in [6, 6.07) is 6.95. The quantitative estimate of drug-likeness (QED) is 0.806. The lowest BCUT2D eigenvalue weighted by Crippen LogP contribution is -2.52. The van der Waals surface area contributed by atoms with Gasteiger partial charge in [-0.2, -0.15) is 0 Å². The van der Waals surface area contributed by atoms with Gasteiger partial charge in [-0.25, -0.2) is 4.79 Å². The SMILES string of the molecule is CN1CC2(CCC2)N(c2ccc(O)cc2)C1=O. The number of amides is 2. The summed E-state index contributed by atoms with van der Waals surface area (Å²) in [7, 11) is 1.85. The van der Waals surface area contributed by atoms with Crippen molar-refractivity contribution in [1.82, 2.24) is 4.90 Å². The van der Waals surface area contributed by atoms with E-state index in [2.05, 4.69) is 0 Å². The van der Waals surface area contributed by atoms with Crippen LogP contribution in [0.5, 0.6) is 5.75 Å². The summed E-state index contributed by atoms with van der Waals surface area (Å²) in [5.41, 5.74) is 0.889. The van der Waals surface area contributed by atoms with Crippen molar-refractivity contribution in [3.63, 3.8) is 0 Å². The molecule has 1 aliphatic heterocycles. The van der Waals surface area contributed by atoms with Crippen molar-refractivity contribution in [2.24, 2.45) is 0 Å². The molecule has 17 heavy (non-hydrogen) atoms. The van der Waals surface area contributed by atoms with Gasteiger partial charge in [-0.3, -0.25) is 4.90 Å². The highest BCUT2D eigenvalue weighted by Gasteiger charge is 2.52. The molecule has 1 aromatic carbocycles. The monoisotopic (exact) mass is 232 g/mol. The fourth-order valence-corrected chi connectivity index (χ4v) is 2.91. The van der Waals surface area contributed by atoms with Crippen LogP contribution in [0.1, 0.15) is 19.3 Å². The van der Waals surface area contributed by atoms with Crippen LogP contribution >= 0.6 is 0 Å². The van der Waals surface area contributed by atoms with Crippen molar-refractivity contribution in [1.29, 1.82) is 0 Å². The van der Waals surface area contributed by atoms with E-state index in [0.717, 1.165) is 25.1 Å². The molecule has 4 nitrogen and oxygen atoms in total. The first-order valence-electron chi connectivity index (χ1n) is 5.97. The molecule has 4 heteroatoms. The zero-order valence-corrected chi connectivity index (χ0v) is 9.89. The fraction of sp³-hybridized carbons (Fsp3) is 0.462. The number of urea groups is 1. The molecule has 0 aromatic heterocycles. The van der Waals surface area contributed by atoms with Gasteiger partial charge in [-0.1, -0.05) is 0 Å². The molecular weight excluding hydrogens is 216 g/mol. The Labute approximate surface area is 100 Å². The third-order valence-corrected chi connectivity index (χ3v) is 3.92. The number of hydrogen-bond donors (Lipinski definition) is 1. The average Bonchev–Trinajstić information content (AvgIpc) is 2.53. The van der Waals surface area contributed by atoms with E-state index in [-0.39, 0.29) is 17.3 Å². The lowest BCUT2D eigenvalue weighted by atomic mass is 9.76. The summed E-state index contributed by atoms with van der Waals surface area (Å²) in [6.45, 7) is 0.812. The van der Waals surface area contributed by atoms with E-state index in [9.17, 15) is 9.90 Å². The van der Waals surface area contributed by atoms with E-state index in [0.29, 0.717) is 0 Å². The Hall–Kier alpha value is -1.71. The molecule has 2 fully saturated rings. The number of carbonyl (C=O) groups excluding carboxylic acids is 1. The third-order valence-electron chi connectivity index (χ3n) is 3.92. The topological polar surface area (TPSA) is 43.8 Å². The van der Waals surface area contributed by atoms with Gasteiger partial charge in [0.25, 0.3) is 0 Å².